The quantitative estimate of drug-likeness (QED) is 0.458. The molecule has 0 aromatic heterocycles. The Morgan fingerprint density at radius 3 is 2.22 bits per heavy atom. The van der Waals surface area contributed by atoms with Gasteiger partial charge in [-0.1, -0.05) is 88.4 Å². The van der Waals surface area contributed by atoms with E-state index in [0.29, 0.717) is 11.6 Å². The van der Waals surface area contributed by atoms with Gasteiger partial charge in [0.2, 0.25) is 5.91 Å². The lowest BCUT2D eigenvalue weighted by molar-refractivity contribution is -0.126. The minimum absolute atomic E-state index is 0.0794. The maximum Gasteiger partial charge on any atom is 0.254 e. The fourth-order valence-electron chi connectivity index (χ4n) is 3.77. The molecule has 150 valence electrons. The lowest BCUT2D eigenvalue weighted by Crippen LogP contribution is -2.37. The van der Waals surface area contributed by atoms with Crippen LogP contribution < -0.4 is 10.2 Å². The van der Waals surface area contributed by atoms with Crippen LogP contribution in [0.5, 0.6) is 0 Å². The summed E-state index contributed by atoms with van der Waals surface area (Å²) in [6, 6.07) is 4.89. The Morgan fingerprint density at radius 2 is 1.63 bits per heavy atom. The Hall–Kier alpha value is -1.55. The summed E-state index contributed by atoms with van der Waals surface area (Å²) in [5.41, 5.74) is 1.56. The SMILES string of the molecule is CCCCCCCCCCCCN1C(=O)C(NC(C)=O)c2cccc(Cl)c21. The Balaban J connectivity index is 1.78. The second-order valence-corrected chi connectivity index (χ2v) is 7.89. The number of amides is 2. The predicted octanol–water partition coefficient (Wildman–Crippen LogP) is 5.78. The van der Waals surface area contributed by atoms with Crippen LogP contribution in [0, 0.1) is 0 Å². The third-order valence-corrected chi connectivity index (χ3v) is 5.50. The molecule has 2 rings (SSSR count). The molecule has 0 bridgehead atoms. The van der Waals surface area contributed by atoms with Crippen LogP contribution in [-0.4, -0.2) is 18.4 Å². The fraction of sp³-hybridized carbons (Fsp3) is 0.636. The molecular formula is C22H33ClN2O2. The Morgan fingerprint density at radius 1 is 1.04 bits per heavy atom. The minimum atomic E-state index is -0.612. The Labute approximate surface area is 168 Å². The molecule has 1 unspecified atom stereocenters. The predicted molar refractivity (Wildman–Crippen MR) is 112 cm³/mol. The number of hydrogen-bond acceptors (Lipinski definition) is 2. The molecule has 0 fully saturated rings. The molecular weight excluding hydrogens is 360 g/mol. The number of carbonyl (C=O) groups is 2. The number of halogens is 1. The van der Waals surface area contributed by atoms with Crippen LogP contribution in [0.15, 0.2) is 18.2 Å². The van der Waals surface area contributed by atoms with E-state index in [1.807, 2.05) is 12.1 Å². The van der Waals surface area contributed by atoms with Gasteiger partial charge in [0.15, 0.2) is 0 Å². The molecule has 1 aliphatic rings. The second-order valence-electron chi connectivity index (χ2n) is 7.48. The fourth-order valence-corrected chi connectivity index (χ4v) is 4.05. The first-order chi connectivity index (χ1) is 13.1. The first-order valence-corrected chi connectivity index (χ1v) is 10.8. The zero-order chi connectivity index (χ0) is 19.6. The number of nitrogens with zero attached hydrogens (tertiary/aromatic N) is 1. The van der Waals surface area contributed by atoms with Crippen LogP contribution >= 0.6 is 11.6 Å². The molecule has 0 saturated carbocycles. The van der Waals surface area contributed by atoms with E-state index in [2.05, 4.69) is 12.2 Å². The molecule has 1 N–H and O–H groups in total. The van der Waals surface area contributed by atoms with Crippen molar-refractivity contribution in [1.82, 2.24) is 5.32 Å². The van der Waals surface area contributed by atoms with Gasteiger partial charge in [0.1, 0.15) is 6.04 Å². The van der Waals surface area contributed by atoms with Crippen molar-refractivity contribution in [3.63, 3.8) is 0 Å². The second kappa shape index (κ2) is 11.3. The van der Waals surface area contributed by atoms with Crippen molar-refractivity contribution >= 4 is 29.1 Å². The van der Waals surface area contributed by atoms with E-state index < -0.39 is 6.04 Å². The topological polar surface area (TPSA) is 49.4 Å². The van der Waals surface area contributed by atoms with Crippen molar-refractivity contribution in [3.05, 3.63) is 28.8 Å². The lowest BCUT2D eigenvalue weighted by atomic mass is 10.1. The molecule has 2 amide bonds. The van der Waals surface area contributed by atoms with Crippen LogP contribution in [0.3, 0.4) is 0 Å². The number of rotatable bonds is 12. The molecule has 1 aromatic carbocycles. The van der Waals surface area contributed by atoms with Gasteiger partial charge in [-0.3, -0.25) is 9.59 Å². The van der Waals surface area contributed by atoms with E-state index in [-0.39, 0.29) is 11.8 Å². The summed E-state index contributed by atoms with van der Waals surface area (Å²) in [4.78, 5) is 26.0. The number of anilines is 1. The van der Waals surface area contributed by atoms with E-state index in [1.54, 1.807) is 11.0 Å². The summed E-state index contributed by atoms with van der Waals surface area (Å²) < 4.78 is 0. The van der Waals surface area contributed by atoms with Crippen LogP contribution in [0.4, 0.5) is 5.69 Å². The molecule has 0 spiro atoms. The summed E-state index contributed by atoms with van der Waals surface area (Å²) in [6.07, 6.45) is 12.6. The first-order valence-electron chi connectivity index (χ1n) is 10.4. The van der Waals surface area contributed by atoms with Gasteiger partial charge in [-0.15, -0.1) is 0 Å². The Bertz CT molecular complexity index is 633. The standard InChI is InChI=1S/C22H33ClN2O2/c1-3-4-5-6-7-8-9-10-11-12-16-25-21-18(14-13-15-19(21)23)20(22(25)27)24-17(2)26/h13-15,20H,3-12,16H2,1-2H3,(H,24,26). The summed E-state index contributed by atoms with van der Waals surface area (Å²) in [7, 11) is 0. The third-order valence-electron chi connectivity index (χ3n) is 5.19. The highest BCUT2D eigenvalue weighted by atomic mass is 35.5. The molecule has 1 aliphatic heterocycles. The molecule has 0 saturated heterocycles. The number of benzene rings is 1. The molecule has 4 nitrogen and oxygen atoms in total. The zero-order valence-electron chi connectivity index (χ0n) is 16.7. The highest BCUT2D eigenvalue weighted by Crippen LogP contribution is 2.41. The van der Waals surface area contributed by atoms with Crippen molar-refractivity contribution in [2.45, 2.75) is 84.1 Å². The van der Waals surface area contributed by atoms with E-state index in [0.717, 1.165) is 24.1 Å². The van der Waals surface area contributed by atoms with Gasteiger partial charge < -0.3 is 10.2 Å². The smallest absolute Gasteiger partial charge is 0.254 e. The minimum Gasteiger partial charge on any atom is -0.341 e. The molecule has 27 heavy (non-hydrogen) atoms. The summed E-state index contributed by atoms with van der Waals surface area (Å²) >= 11 is 6.36. The van der Waals surface area contributed by atoms with Gasteiger partial charge in [0.05, 0.1) is 10.7 Å². The van der Waals surface area contributed by atoms with Gasteiger partial charge in [-0.2, -0.15) is 0 Å². The van der Waals surface area contributed by atoms with Crippen LogP contribution in [-0.2, 0) is 9.59 Å². The molecule has 1 atom stereocenters. The molecule has 5 heteroatoms. The monoisotopic (exact) mass is 392 g/mol. The highest BCUT2D eigenvalue weighted by molar-refractivity contribution is 6.34. The largest absolute Gasteiger partial charge is 0.341 e. The zero-order valence-corrected chi connectivity index (χ0v) is 17.5. The van der Waals surface area contributed by atoms with Gasteiger partial charge in [-0.25, -0.2) is 0 Å². The van der Waals surface area contributed by atoms with E-state index >= 15 is 0 Å². The van der Waals surface area contributed by atoms with Gasteiger partial charge in [0.25, 0.3) is 5.91 Å². The van der Waals surface area contributed by atoms with Gasteiger partial charge >= 0.3 is 0 Å². The van der Waals surface area contributed by atoms with Crippen molar-refractivity contribution in [1.29, 1.82) is 0 Å². The highest BCUT2D eigenvalue weighted by Gasteiger charge is 2.38. The van der Waals surface area contributed by atoms with E-state index in [9.17, 15) is 9.59 Å². The van der Waals surface area contributed by atoms with Crippen LogP contribution in [0.2, 0.25) is 5.02 Å². The number of nitrogens with one attached hydrogen (secondary N) is 1. The molecule has 0 radical (unpaired) electrons. The number of hydrogen-bond donors (Lipinski definition) is 1. The average Bonchev–Trinajstić information content (AvgIpc) is 2.89. The number of fused-ring (bicyclic) bond motifs is 1. The molecule has 1 aromatic rings. The van der Waals surface area contributed by atoms with Crippen LogP contribution in [0.1, 0.15) is 89.7 Å². The molecule has 1 heterocycles. The van der Waals surface area contributed by atoms with Crippen LogP contribution in [0.25, 0.3) is 0 Å². The van der Waals surface area contributed by atoms with E-state index in [1.165, 1.54) is 58.3 Å². The number of carbonyl (C=O) groups excluding carboxylic acids is 2. The van der Waals surface area contributed by atoms with Crippen molar-refractivity contribution < 1.29 is 9.59 Å². The number of unbranched alkanes of at least 4 members (excludes halogenated alkanes) is 9. The Kier molecular flexibility index (Phi) is 9.12. The maximum atomic E-state index is 12.8. The summed E-state index contributed by atoms with van der Waals surface area (Å²) in [5, 5.41) is 3.33. The summed E-state index contributed by atoms with van der Waals surface area (Å²) in [5.74, 6) is -0.288. The van der Waals surface area contributed by atoms with Gasteiger partial charge in [0, 0.05) is 19.0 Å². The average molecular weight is 393 g/mol. The maximum absolute atomic E-state index is 12.8. The molecule has 0 aliphatic carbocycles. The van der Waals surface area contributed by atoms with Gasteiger partial charge in [-0.05, 0) is 12.5 Å². The van der Waals surface area contributed by atoms with Crippen molar-refractivity contribution in [2.24, 2.45) is 0 Å². The first kappa shape index (κ1) is 21.7. The normalized spacial score (nSPS) is 15.9. The van der Waals surface area contributed by atoms with Crippen molar-refractivity contribution in [3.8, 4) is 0 Å². The third kappa shape index (κ3) is 6.24. The van der Waals surface area contributed by atoms with E-state index in [4.69, 9.17) is 11.6 Å². The summed E-state index contributed by atoms with van der Waals surface area (Å²) in [6.45, 7) is 4.33. The van der Waals surface area contributed by atoms with Crippen molar-refractivity contribution in [2.75, 3.05) is 11.4 Å². The lowest BCUT2D eigenvalue weighted by Gasteiger charge is -2.19. The number of para-hydroxylation sites is 1.